The fourth-order valence-corrected chi connectivity index (χ4v) is 1.24. The van der Waals surface area contributed by atoms with E-state index in [9.17, 15) is 14.4 Å². The average Bonchev–Trinajstić information content (AvgIpc) is 2.33. The average molecular weight is 235 g/mol. The van der Waals surface area contributed by atoms with Crippen LogP contribution in [0.2, 0.25) is 0 Å². The van der Waals surface area contributed by atoms with Crippen LogP contribution in [0.4, 0.5) is 5.82 Å². The van der Waals surface area contributed by atoms with Gasteiger partial charge in [0.2, 0.25) is 5.91 Å². The maximum Gasteiger partial charge on any atom is 0.273 e. The van der Waals surface area contributed by atoms with Crippen molar-refractivity contribution in [1.82, 2.24) is 15.6 Å². The van der Waals surface area contributed by atoms with Crippen LogP contribution in [0.3, 0.4) is 0 Å². The van der Waals surface area contributed by atoms with Crippen LogP contribution in [-0.4, -0.2) is 27.7 Å². The highest BCUT2D eigenvalue weighted by Crippen LogP contribution is 2.03. The molecule has 0 spiro atoms. The Labute approximate surface area is 95.1 Å². The summed E-state index contributed by atoms with van der Waals surface area (Å²) in [5.41, 5.74) is 2.08. The first-order chi connectivity index (χ1) is 8.15. The predicted octanol–water partition coefficient (Wildman–Crippen LogP) is -1.03. The summed E-state index contributed by atoms with van der Waals surface area (Å²) in [7, 11) is 0. The zero-order valence-electron chi connectivity index (χ0n) is 8.69. The highest BCUT2D eigenvalue weighted by Gasteiger charge is 2.18. The van der Waals surface area contributed by atoms with Crippen molar-refractivity contribution >= 4 is 23.3 Å². The Morgan fingerprint density at radius 1 is 1.29 bits per heavy atom. The van der Waals surface area contributed by atoms with Crippen molar-refractivity contribution in [1.29, 1.82) is 0 Å². The molecule has 1 aliphatic rings. The minimum atomic E-state index is -0.454. The smallest absolute Gasteiger partial charge is 0.273 e. The van der Waals surface area contributed by atoms with E-state index in [1.807, 2.05) is 0 Å². The molecular weight excluding hydrogens is 226 g/mol. The van der Waals surface area contributed by atoms with Gasteiger partial charge in [-0.1, -0.05) is 0 Å². The Bertz CT molecular complexity index is 527. The molecule has 88 valence electrons. The van der Waals surface area contributed by atoms with Gasteiger partial charge in [0.15, 0.2) is 5.82 Å². The van der Waals surface area contributed by atoms with Crippen molar-refractivity contribution in [3.63, 3.8) is 0 Å². The van der Waals surface area contributed by atoms with Crippen LogP contribution in [0, 0.1) is 0 Å². The molecule has 17 heavy (non-hydrogen) atoms. The summed E-state index contributed by atoms with van der Waals surface area (Å²) < 4.78 is 0. The largest absolute Gasteiger partial charge is 0.304 e. The van der Waals surface area contributed by atoms with E-state index in [-0.39, 0.29) is 35.8 Å². The normalized spacial score (nSPS) is 14.8. The lowest BCUT2D eigenvalue weighted by Gasteiger charge is -2.11. The lowest BCUT2D eigenvalue weighted by atomic mass is 10.1. The number of aromatic nitrogens is 2. The first-order valence-corrected chi connectivity index (χ1v) is 4.87. The number of carbonyl (C=O) groups is 2. The van der Waals surface area contributed by atoms with E-state index in [0.717, 1.165) is 0 Å². The van der Waals surface area contributed by atoms with E-state index in [1.165, 1.54) is 12.1 Å². The Balaban J connectivity index is 2.04. The molecule has 0 fully saturated rings. The van der Waals surface area contributed by atoms with E-state index in [0.29, 0.717) is 0 Å². The van der Waals surface area contributed by atoms with Crippen molar-refractivity contribution in [2.75, 3.05) is 5.32 Å². The van der Waals surface area contributed by atoms with Crippen LogP contribution >= 0.6 is 0 Å². The minimum absolute atomic E-state index is 0.217. The summed E-state index contributed by atoms with van der Waals surface area (Å²) in [5.74, 6) is -0.456. The van der Waals surface area contributed by atoms with Crippen molar-refractivity contribution in [3.05, 3.63) is 22.5 Å². The fraction of sp³-hybridized carbons (Fsp3) is 0.222. The Morgan fingerprint density at radius 2 is 2.12 bits per heavy atom. The SMILES string of the molecule is O=C1CCC(C(=O)Nc2ccc(=O)[nH]n2)=NN1. The Morgan fingerprint density at radius 3 is 2.71 bits per heavy atom. The number of hydrogen-bond donors (Lipinski definition) is 3. The second kappa shape index (κ2) is 4.56. The minimum Gasteiger partial charge on any atom is -0.304 e. The fourth-order valence-electron chi connectivity index (χ4n) is 1.24. The van der Waals surface area contributed by atoms with Crippen LogP contribution in [0.5, 0.6) is 0 Å². The molecule has 2 amide bonds. The third kappa shape index (κ3) is 2.74. The molecule has 1 aliphatic heterocycles. The van der Waals surface area contributed by atoms with Crippen LogP contribution in [-0.2, 0) is 9.59 Å². The summed E-state index contributed by atoms with van der Waals surface area (Å²) in [6, 6.07) is 2.62. The standard InChI is InChI=1S/C9H9N5O3/c15-7-3-1-5(11-13-7)9(17)10-6-2-4-8(16)14-12-6/h2,4H,1,3H2,(H,13,15)(H,14,16)(H,10,12,17). The van der Waals surface area contributed by atoms with Gasteiger partial charge in [-0.2, -0.15) is 10.2 Å². The van der Waals surface area contributed by atoms with Crippen LogP contribution in [0.1, 0.15) is 12.8 Å². The monoisotopic (exact) mass is 235 g/mol. The maximum absolute atomic E-state index is 11.6. The number of amides is 2. The molecule has 0 unspecified atom stereocenters. The highest BCUT2D eigenvalue weighted by atomic mass is 16.2. The number of carbonyl (C=O) groups excluding carboxylic acids is 2. The number of nitrogens with zero attached hydrogens (tertiary/aromatic N) is 2. The van der Waals surface area contributed by atoms with E-state index in [4.69, 9.17) is 0 Å². The van der Waals surface area contributed by atoms with Gasteiger partial charge in [-0.15, -0.1) is 0 Å². The molecule has 0 atom stereocenters. The zero-order valence-corrected chi connectivity index (χ0v) is 8.69. The number of nitrogens with one attached hydrogen (secondary N) is 3. The number of hydrazone groups is 1. The van der Waals surface area contributed by atoms with Gasteiger partial charge in [0.1, 0.15) is 5.71 Å². The second-order valence-corrected chi connectivity index (χ2v) is 3.35. The second-order valence-electron chi connectivity index (χ2n) is 3.35. The van der Waals surface area contributed by atoms with Gasteiger partial charge in [-0.25, -0.2) is 10.5 Å². The molecule has 8 heteroatoms. The van der Waals surface area contributed by atoms with Crippen molar-refractivity contribution in [2.45, 2.75) is 12.8 Å². The summed E-state index contributed by atoms with van der Waals surface area (Å²) in [5, 5.41) is 11.9. The summed E-state index contributed by atoms with van der Waals surface area (Å²) in [4.78, 5) is 33.2. The topological polar surface area (TPSA) is 116 Å². The van der Waals surface area contributed by atoms with Crippen molar-refractivity contribution in [3.8, 4) is 0 Å². The predicted molar refractivity (Wildman–Crippen MR) is 58.3 cm³/mol. The lowest BCUT2D eigenvalue weighted by Crippen LogP contribution is -2.33. The molecule has 8 nitrogen and oxygen atoms in total. The first kappa shape index (κ1) is 11.0. The molecule has 0 aliphatic carbocycles. The molecule has 0 saturated carbocycles. The van der Waals surface area contributed by atoms with Crippen LogP contribution in [0.25, 0.3) is 0 Å². The third-order valence-corrected chi connectivity index (χ3v) is 2.09. The highest BCUT2D eigenvalue weighted by molar-refractivity contribution is 6.43. The van der Waals surface area contributed by atoms with E-state index < -0.39 is 5.91 Å². The Hall–Kier alpha value is -2.51. The van der Waals surface area contributed by atoms with Gasteiger partial charge < -0.3 is 5.32 Å². The number of H-pyrrole nitrogens is 1. The number of hydrogen-bond acceptors (Lipinski definition) is 5. The van der Waals surface area contributed by atoms with Gasteiger partial charge in [0.25, 0.3) is 11.5 Å². The summed E-state index contributed by atoms with van der Waals surface area (Å²) in [6.45, 7) is 0. The summed E-state index contributed by atoms with van der Waals surface area (Å²) >= 11 is 0. The quantitative estimate of drug-likeness (QED) is 0.607. The number of aromatic amines is 1. The summed E-state index contributed by atoms with van der Waals surface area (Å²) in [6.07, 6.45) is 0.506. The van der Waals surface area contributed by atoms with Crippen molar-refractivity contribution in [2.24, 2.45) is 5.10 Å². The van der Waals surface area contributed by atoms with Crippen LogP contribution < -0.4 is 16.3 Å². The van der Waals surface area contributed by atoms with Gasteiger partial charge >= 0.3 is 0 Å². The maximum atomic E-state index is 11.6. The van der Waals surface area contributed by atoms with Gasteiger partial charge in [-0.05, 0) is 6.07 Å². The van der Waals surface area contributed by atoms with E-state index in [1.54, 1.807) is 0 Å². The molecule has 0 radical (unpaired) electrons. The molecule has 0 bridgehead atoms. The van der Waals surface area contributed by atoms with Crippen LogP contribution in [0.15, 0.2) is 22.0 Å². The molecule has 1 aromatic heterocycles. The Kier molecular flexibility index (Phi) is 2.95. The number of rotatable bonds is 2. The zero-order chi connectivity index (χ0) is 12.3. The molecule has 0 saturated heterocycles. The molecular formula is C9H9N5O3. The molecule has 1 aromatic rings. The molecule has 0 aromatic carbocycles. The van der Waals surface area contributed by atoms with Gasteiger partial charge in [-0.3, -0.25) is 14.4 Å². The van der Waals surface area contributed by atoms with E-state index in [2.05, 4.69) is 26.0 Å². The molecule has 3 N–H and O–H groups in total. The van der Waals surface area contributed by atoms with E-state index >= 15 is 0 Å². The lowest BCUT2D eigenvalue weighted by molar-refractivity contribution is -0.121. The third-order valence-electron chi connectivity index (χ3n) is 2.09. The first-order valence-electron chi connectivity index (χ1n) is 4.87. The van der Waals surface area contributed by atoms with Gasteiger partial charge in [0, 0.05) is 18.9 Å². The van der Waals surface area contributed by atoms with Crippen molar-refractivity contribution < 1.29 is 9.59 Å². The number of anilines is 1. The molecule has 2 heterocycles. The van der Waals surface area contributed by atoms with Gasteiger partial charge in [0.05, 0.1) is 0 Å². The molecule has 2 rings (SSSR count).